The molecule has 3 nitrogen and oxygen atoms in total. The predicted octanol–water partition coefficient (Wildman–Crippen LogP) is 1.52. The molecule has 86 valence electrons. The van der Waals surface area contributed by atoms with Crippen molar-refractivity contribution in [2.75, 3.05) is 0 Å². The minimum Gasteiger partial charge on any atom is -0.422 e. The van der Waals surface area contributed by atoms with E-state index in [0.717, 1.165) is 5.56 Å². The summed E-state index contributed by atoms with van der Waals surface area (Å²) in [6, 6.07) is 18.7. The van der Waals surface area contributed by atoms with Crippen molar-refractivity contribution in [1.29, 1.82) is 0 Å². The minimum atomic E-state index is -1.06. The van der Waals surface area contributed by atoms with Crippen LogP contribution in [0.3, 0.4) is 0 Å². The van der Waals surface area contributed by atoms with Gasteiger partial charge in [0, 0.05) is 0 Å². The van der Waals surface area contributed by atoms with E-state index < -0.39 is 7.12 Å². The average molecular weight is 228 g/mol. The Morgan fingerprint density at radius 3 is 2.12 bits per heavy atom. The van der Waals surface area contributed by atoms with E-state index in [0.29, 0.717) is 12.1 Å². The van der Waals surface area contributed by atoms with Crippen molar-refractivity contribution in [1.82, 2.24) is 0 Å². The zero-order chi connectivity index (χ0) is 11.9. The lowest BCUT2D eigenvalue weighted by atomic mass is 9.80. The van der Waals surface area contributed by atoms with Crippen LogP contribution in [0.2, 0.25) is 0 Å². The van der Waals surface area contributed by atoms with E-state index in [4.69, 9.17) is 9.69 Å². The van der Waals surface area contributed by atoms with Gasteiger partial charge in [0.2, 0.25) is 0 Å². The molecule has 0 fully saturated rings. The van der Waals surface area contributed by atoms with Crippen molar-refractivity contribution in [2.24, 2.45) is 0 Å². The molecule has 0 radical (unpaired) electrons. The first-order valence-corrected chi connectivity index (χ1v) is 5.41. The number of hydrogen-bond acceptors (Lipinski definition) is 3. The van der Waals surface area contributed by atoms with E-state index in [1.165, 1.54) is 0 Å². The third-order valence-corrected chi connectivity index (χ3v) is 2.31. The van der Waals surface area contributed by atoms with Gasteiger partial charge in [-0.15, -0.1) is 0 Å². The van der Waals surface area contributed by atoms with Crippen LogP contribution in [0, 0.1) is 0 Å². The fourth-order valence-corrected chi connectivity index (χ4v) is 1.41. The molecule has 0 saturated carbocycles. The highest BCUT2D eigenvalue weighted by Gasteiger charge is 2.16. The second kappa shape index (κ2) is 6.20. The zero-order valence-electron chi connectivity index (χ0n) is 9.32. The second-order valence-corrected chi connectivity index (χ2v) is 3.61. The van der Waals surface area contributed by atoms with E-state index in [9.17, 15) is 5.02 Å². The first-order valence-electron chi connectivity index (χ1n) is 5.41. The van der Waals surface area contributed by atoms with Crippen LogP contribution >= 0.6 is 0 Å². The summed E-state index contributed by atoms with van der Waals surface area (Å²) in [5.74, 6) is 0. The molecule has 0 atom stereocenters. The SMILES string of the molecule is OB(OOCc1ccccc1)c1ccccc1. The quantitative estimate of drug-likeness (QED) is 0.479. The van der Waals surface area contributed by atoms with Gasteiger partial charge in [-0.05, 0) is 11.0 Å². The van der Waals surface area contributed by atoms with Gasteiger partial charge in [0.25, 0.3) is 0 Å². The summed E-state index contributed by atoms with van der Waals surface area (Å²) in [7, 11) is -1.06. The summed E-state index contributed by atoms with van der Waals surface area (Å²) in [4.78, 5) is 9.87. The van der Waals surface area contributed by atoms with Gasteiger partial charge < -0.3 is 5.02 Å². The summed E-state index contributed by atoms with van der Waals surface area (Å²) in [6.07, 6.45) is 0. The molecule has 0 bridgehead atoms. The normalized spacial score (nSPS) is 10.2. The smallest absolute Gasteiger partial charge is 0.422 e. The lowest BCUT2D eigenvalue weighted by Gasteiger charge is -2.07. The summed E-state index contributed by atoms with van der Waals surface area (Å²) in [5, 5.41) is 9.65. The van der Waals surface area contributed by atoms with Crippen LogP contribution < -0.4 is 5.46 Å². The Hall–Kier alpha value is -1.62. The molecule has 2 rings (SSSR count). The van der Waals surface area contributed by atoms with Gasteiger partial charge in [-0.2, -0.15) is 0 Å². The van der Waals surface area contributed by atoms with Crippen LogP contribution in [0.4, 0.5) is 0 Å². The van der Waals surface area contributed by atoms with Gasteiger partial charge >= 0.3 is 7.12 Å². The van der Waals surface area contributed by atoms with Gasteiger partial charge in [0.1, 0.15) is 6.61 Å². The Morgan fingerprint density at radius 1 is 0.882 bits per heavy atom. The van der Waals surface area contributed by atoms with E-state index >= 15 is 0 Å². The molecule has 1 N–H and O–H groups in total. The zero-order valence-corrected chi connectivity index (χ0v) is 9.32. The summed E-state index contributed by atoms with van der Waals surface area (Å²) < 4.78 is 0. The molecule has 0 aliphatic rings. The van der Waals surface area contributed by atoms with Gasteiger partial charge in [0.05, 0.1) is 0 Å². The Balaban J connectivity index is 1.79. The lowest BCUT2D eigenvalue weighted by Crippen LogP contribution is -2.33. The van der Waals surface area contributed by atoms with Crippen LogP contribution in [-0.2, 0) is 16.3 Å². The van der Waals surface area contributed by atoms with E-state index in [1.54, 1.807) is 12.1 Å². The van der Waals surface area contributed by atoms with Crippen molar-refractivity contribution >= 4 is 12.6 Å². The Labute approximate surface area is 101 Å². The highest BCUT2D eigenvalue weighted by molar-refractivity contribution is 6.59. The highest BCUT2D eigenvalue weighted by Crippen LogP contribution is 2.01. The predicted molar refractivity (Wildman–Crippen MR) is 66.4 cm³/mol. The molecule has 0 aliphatic heterocycles. The highest BCUT2D eigenvalue weighted by atomic mass is 17.2. The van der Waals surface area contributed by atoms with Crippen LogP contribution in [0.5, 0.6) is 0 Å². The fourth-order valence-electron chi connectivity index (χ4n) is 1.41. The van der Waals surface area contributed by atoms with E-state index in [2.05, 4.69) is 0 Å². The first kappa shape index (κ1) is 11.9. The standard InChI is InChI=1S/C13H13BO3/c15-14(13-9-5-2-6-10-13)17-16-11-12-7-3-1-4-8-12/h1-10,15H,11H2. The Bertz CT molecular complexity index is 433. The largest absolute Gasteiger partial charge is 0.523 e. The van der Waals surface area contributed by atoms with Gasteiger partial charge in [-0.25, -0.2) is 4.89 Å². The molecule has 0 aliphatic carbocycles. The average Bonchev–Trinajstić information content (AvgIpc) is 2.41. The molecule has 0 spiro atoms. The molecule has 2 aromatic rings. The van der Waals surface area contributed by atoms with Crippen LogP contribution in [-0.4, -0.2) is 12.1 Å². The maximum absolute atomic E-state index is 9.65. The number of rotatable bonds is 5. The molecular formula is C13H13BO3. The molecule has 2 aromatic carbocycles. The molecule has 0 aromatic heterocycles. The topological polar surface area (TPSA) is 38.7 Å². The molecule has 0 heterocycles. The van der Waals surface area contributed by atoms with Crippen molar-refractivity contribution in [3.63, 3.8) is 0 Å². The van der Waals surface area contributed by atoms with Crippen LogP contribution in [0.15, 0.2) is 60.7 Å². The van der Waals surface area contributed by atoms with Crippen molar-refractivity contribution < 1.29 is 14.7 Å². The van der Waals surface area contributed by atoms with Crippen molar-refractivity contribution in [3.8, 4) is 0 Å². The molecule has 0 saturated heterocycles. The van der Waals surface area contributed by atoms with Crippen molar-refractivity contribution in [2.45, 2.75) is 6.61 Å². The number of hydrogen-bond donors (Lipinski definition) is 1. The molecular weight excluding hydrogens is 215 g/mol. The van der Waals surface area contributed by atoms with Crippen LogP contribution in [0.1, 0.15) is 5.56 Å². The third-order valence-electron chi connectivity index (χ3n) is 2.31. The lowest BCUT2D eigenvalue weighted by molar-refractivity contribution is -0.231. The second-order valence-electron chi connectivity index (χ2n) is 3.61. The van der Waals surface area contributed by atoms with Crippen LogP contribution in [0.25, 0.3) is 0 Å². The Kier molecular flexibility index (Phi) is 4.33. The molecule has 4 heteroatoms. The maximum Gasteiger partial charge on any atom is 0.523 e. The minimum absolute atomic E-state index is 0.310. The third kappa shape index (κ3) is 3.71. The van der Waals surface area contributed by atoms with E-state index in [-0.39, 0.29) is 0 Å². The summed E-state index contributed by atoms with van der Waals surface area (Å²) in [6.45, 7) is 0.310. The van der Waals surface area contributed by atoms with Gasteiger partial charge in [-0.1, -0.05) is 60.7 Å². The summed E-state index contributed by atoms with van der Waals surface area (Å²) in [5.41, 5.74) is 1.66. The first-order chi connectivity index (χ1) is 8.36. The van der Waals surface area contributed by atoms with Gasteiger partial charge in [-0.3, -0.25) is 4.81 Å². The Morgan fingerprint density at radius 2 is 1.47 bits per heavy atom. The van der Waals surface area contributed by atoms with Crippen molar-refractivity contribution in [3.05, 3.63) is 66.2 Å². The molecule has 0 unspecified atom stereocenters. The summed E-state index contributed by atoms with van der Waals surface area (Å²) >= 11 is 0. The van der Waals surface area contributed by atoms with Gasteiger partial charge in [0.15, 0.2) is 0 Å². The van der Waals surface area contributed by atoms with E-state index in [1.807, 2.05) is 48.5 Å². The monoisotopic (exact) mass is 228 g/mol. The fraction of sp³-hybridized carbons (Fsp3) is 0.0769. The molecule has 17 heavy (non-hydrogen) atoms. The number of benzene rings is 2. The molecule has 0 amide bonds. The maximum atomic E-state index is 9.65.